The van der Waals surface area contributed by atoms with Crippen molar-refractivity contribution in [3.05, 3.63) is 88.7 Å². The van der Waals surface area contributed by atoms with Crippen LogP contribution in [0.15, 0.2) is 54.6 Å². The van der Waals surface area contributed by atoms with Gasteiger partial charge in [-0.3, -0.25) is 0 Å². The molecule has 0 radical (unpaired) electrons. The zero-order valence-electron chi connectivity index (χ0n) is 17.2. The molecule has 4 heteroatoms. The Bertz CT molecular complexity index is 1020. The van der Waals surface area contributed by atoms with Crippen molar-refractivity contribution < 1.29 is 17.9 Å². The van der Waals surface area contributed by atoms with Crippen LogP contribution in [0.1, 0.15) is 42.9 Å². The summed E-state index contributed by atoms with van der Waals surface area (Å²) >= 11 is 0. The Kier molecular flexibility index (Phi) is 7.34. The predicted molar refractivity (Wildman–Crippen MR) is 117 cm³/mol. The minimum Gasteiger partial charge on any atom is -0.491 e. The van der Waals surface area contributed by atoms with E-state index in [0.717, 1.165) is 36.0 Å². The van der Waals surface area contributed by atoms with Gasteiger partial charge in [-0.25, -0.2) is 13.2 Å². The monoisotopic (exact) mass is 410 g/mol. The van der Waals surface area contributed by atoms with Crippen LogP contribution < -0.4 is 4.74 Å². The van der Waals surface area contributed by atoms with Crippen molar-refractivity contribution in [2.75, 3.05) is 6.61 Å². The summed E-state index contributed by atoms with van der Waals surface area (Å²) in [6.45, 7) is 4.15. The zero-order chi connectivity index (χ0) is 21.5. The molecule has 30 heavy (non-hydrogen) atoms. The minimum absolute atomic E-state index is 0.193. The molecule has 156 valence electrons. The van der Waals surface area contributed by atoms with E-state index in [4.69, 9.17) is 4.74 Å². The van der Waals surface area contributed by atoms with E-state index in [9.17, 15) is 13.2 Å². The van der Waals surface area contributed by atoms with Gasteiger partial charge in [0.15, 0.2) is 23.2 Å². The summed E-state index contributed by atoms with van der Waals surface area (Å²) in [4.78, 5) is 0. The summed E-state index contributed by atoms with van der Waals surface area (Å²) < 4.78 is 47.5. The average Bonchev–Trinajstić information content (AvgIpc) is 2.76. The fraction of sp³-hybridized carbons (Fsp3) is 0.231. The van der Waals surface area contributed by atoms with Gasteiger partial charge in [-0.05, 0) is 47.7 Å². The van der Waals surface area contributed by atoms with Crippen LogP contribution >= 0.6 is 0 Å². The first-order valence-electron chi connectivity index (χ1n) is 10.1. The number of halogens is 3. The highest BCUT2D eigenvalue weighted by Gasteiger charge is 2.09. The average molecular weight is 410 g/mol. The van der Waals surface area contributed by atoms with Crippen LogP contribution in [-0.2, 0) is 0 Å². The number of ether oxygens (including phenoxy) is 1. The van der Waals surface area contributed by atoms with E-state index in [1.165, 1.54) is 19.1 Å². The van der Waals surface area contributed by atoms with Crippen molar-refractivity contribution in [3.8, 4) is 16.9 Å². The summed E-state index contributed by atoms with van der Waals surface area (Å²) in [6.07, 6.45) is 6.31. The lowest BCUT2D eigenvalue weighted by Crippen LogP contribution is -1.99. The molecule has 0 aromatic heterocycles. The highest BCUT2D eigenvalue weighted by Crippen LogP contribution is 2.27. The summed E-state index contributed by atoms with van der Waals surface area (Å²) in [7, 11) is 0. The highest BCUT2D eigenvalue weighted by molar-refractivity contribution is 5.72. The SMILES string of the molecule is CCCCCOc1ccc(-c2ccc(/C=C/c3ccc(C)c(F)c3F)cc2)cc1F. The van der Waals surface area contributed by atoms with Gasteiger partial charge in [-0.2, -0.15) is 0 Å². The summed E-state index contributed by atoms with van der Waals surface area (Å²) in [5, 5.41) is 0. The molecule has 0 saturated heterocycles. The maximum Gasteiger partial charge on any atom is 0.166 e. The third-order valence-corrected chi connectivity index (χ3v) is 4.94. The van der Waals surface area contributed by atoms with Gasteiger partial charge in [0.05, 0.1) is 6.61 Å². The molecule has 0 atom stereocenters. The van der Waals surface area contributed by atoms with Gasteiger partial charge in [-0.1, -0.05) is 74.4 Å². The van der Waals surface area contributed by atoms with Gasteiger partial charge >= 0.3 is 0 Å². The van der Waals surface area contributed by atoms with Crippen LogP contribution in [0.25, 0.3) is 23.3 Å². The van der Waals surface area contributed by atoms with Crippen molar-refractivity contribution in [3.63, 3.8) is 0 Å². The third kappa shape index (κ3) is 5.32. The number of hydrogen-bond acceptors (Lipinski definition) is 1. The molecule has 3 aromatic rings. The quantitative estimate of drug-likeness (QED) is 0.272. The smallest absolute Gasteiger partial charge is 0.166 e. The Balaban J connectivity index is 1.70. The molecule has 0 aliphatic heterocycles. The summed E-state index contributed by atoms with van der Waals surface area (Å²) in [5.74, 6) is -1.80. The highest BCUT2D eigenvalue weighted by atomic mass is 19.2. The van der Waals surface area contributed by atoms with Crippen LogP contribution in [0.5, 0.6) is 5.75 Å². The van der Waals surface area contributed by atoms with Crippen molar-refractivity contribution in [1.82, 2.24) is 0 Å². The minimum atomic E-state index is -0.852. The molecule has 0 aliphatic rings. The van der Waals surface area contributed by atoms with Crippen molar-refractivity contribution >= 4 is 12.2 Å². The van der Waals surface area contributed by atoms with E-state index >= 15 is 0 Å². The van der Waals surface area contributed by atoms with Crippen LogP contribution in [-0.4, -0.2) is 6.61 Å². The Labute approximate surface area is 175 Å². The van der Waals surface area contributed by atoms with E-state index in [1.54, 1.807) is 24.3 Å². The van der Waals surface area contributed by atoms with Gasteiger partial charge < -0.3 is 4.74 Å². The number of benzene rings is 3. The Morgan fingerprint density at radius 1 is 0.800 bits per heavy atom. The standard InChI is InChI=1S/C26H25F3O/c1-3-4-5-16-30-24-15-14-22(17-23(24)27)20-11-7-19(8-12-20)9-13-21-10-6-18(2)25(28)26(21)29/h6-15,17H,3-5,16H2,1-2H3/b13-9+. The van der Waals surface area contributed by atoms with Crippen LogP contribution in [0.2, 0.25) is 0 Å². The molecule has 0 spiro atoms. The fourth-order valence-corrected chi connectivity index (χ4v) is 3.09. The normalized spacial score (nSPS) is 11.2. The van der Waals surface area contributed by atoms with Crippen molar-refractivity contribution in [1.29, 1.82) is 0 Å². The maximum absolute atomic E-state index is 14.3. The van der Waals surface area contributed by atoms with E-state index in [2.05, 4.69) is 6.92 Å². The van der Waals surface area contributed by atoms with Crippen molar-refractivity contribution in [2.45, 2.75) is 33.1 Å². The van der Waals surface area contributed by atoms with E-state index in [-0.39, 0.29) is 22.7 Å². The predicted octanol–water partition coefficient (Wildman–Crippen LogP) is 7.82. The number of rotatable bonds is 8. The molecular formula is C26H25F3O. The Morgan fingerprint density at radius 3 is 2.23 bits per heavy atom. The first-order valence-corrected chi connectivity index (χ1v) is 10.1. The lowest BCUT2D eigenvalue weighted by molar-refractivity contribution is 0.291. The molecule has 0 N–H and O–H groups in total. The first-order chi connectivity index (χ1) is 14.5. The molecular weight excluding hydrogens is 385 g/mol. The summed E-state index contributed by atoms with van der Waals surface area (Å²) in [6, 6.07) is 15.5. The number of aryl methyl sites for hydroxylation is 1. The van der Waals surface area contributed by atoms with E-state index in [0.29, 0.717) is 6.61 Å². The molecule has 0 bridgehead atoms. The molecule has 3 aromatic carbocycles. The topological polar surface area (TPSA) is 9.23 Å². The van der Waals surface area contributed by atoms with Crippen LogP contribution in [0, 0.1) is 24.4 Å². The maximum atomic E-state index is 14.3. The summed E-state index contributed by atoms with van der Waals surface area (Å²) in [5.41, 5.74) is 2.90. The molecule has 0 saturated carbocycles. The Morgan fingerprint density at radius 2 is 1.53 bits per heavy atom. The molecule has 3 rings (SSSR count). The van der Waals surface area contributed by atoms with Crippen molar-refractivity contribution in [2.24, 2.45) is 0 Å². The molecule has 0 aliphatic carbocycles. The third-order valence-electron chi connectivity index (χ3n) is 4.94. The molecule has 0 unspecified atom stereocenters. The van der Waals surface area contributed by atoms with Crippen LogP contribution in [0.3, 0.4) is 0 Å². The first kappa shape index (κ1) is 21.7. The fourth-order valence-electron chi connectivity index (χ4n) is 3.09. The number of unbranched alkanes of at least 4 members (excludes halogenated alkanes) is 2. The molecule has 1 nitrogen and oxygen atoms in total. The van der Waals surface area contributed by atoms with E-state index < -0.39 is 11.6 Å². The molecule has 0 amide bonds. The lowest BCUT2D eigenvalue weighted by Gasteiger charge is -2.09. The van der Waals surface area contributed by atoms with Gasteiger partial charge in [0.1, 0.15) is 0 Å². The zero-order valence-corrected chi connectivity index (χ0v) is 17.2. The van der Waals surface area contributed by atoms with Gasteiger partial charge in [0.2, 0.25) is 0 Å². The molecule has 0 fully saturated rings. The van der Waals surface area contributed by atoms with Crippen LogP contribution in [0.4, 0.5) is 13.2 Å². The van der Waals surface area contributed by atoms with Gasteiger partial charge in [-0.15, -0.1) is 0 Å². The second kappa shape index (κ2) is 10.1. The molecule has 0 heterocycles. The van der Waals surface area contributed by atoms with Gasteiger partial charge in [0.25, 0.3) is 0 Å². The lowest BCUT2D eigenvalue weighted by atomic mass is 10.0. The van der Waals surface area contributed by atoms with E-state index in [1.807, 2.05) is 30.3 Å². The Hall–Kier alpha value is -3.01. The second-order valence-electron chi connectivity index (χ2n) is 7.26. The van der Waals surface area contributed by atoms with Gasteiger partial charge in [0, 0.05) is 5.56 Å². The largest absolute Gasteiger partial charge is 0.491 e. The number of hydrogen-bond donors (Lipinski definition) is 0. The second-order valence-corrected chi connectivity index (χ2v) is 7.26.